The fraction of sp³-hybridized carbons (Fsp3) is 0.333. The summed E-state index contributed by atoms with van der Waals surface area (Å²) in [5.74, 6) is -0.614. The Morgan fingerprint density at radius 3 is 2.65 bits per heavy atom. The molecule has 0 bridgehead atoms. The second-order valence-corrected chi connectivity index (χ2v) is 3.71. The molecule has 1 aromatic carbocycles. The number of carbonyl (C=O) groups is 2. The van der Waals surface area contributed by atoms with Crippen molar-refractivity contribution in [2.75, 3.05) is 6.61 Å². The number of β-lactam (4-membered cyclic amide) rings is 1. The van der Waals surface area contributed by atoms with Gasteiger partial charge in [0.1, 0.15) is 6.04 Å². The molecule has 1 fully saturated rings. The summed E-state index contributed by atoms with van der Waals surface area (Å²) in [6.07, 6.45) is -1.88. The maximum Gasteiger partial charge on any atom is 0.417 e. The number of rotatable bonds is 2. The van der Waals surface area contributed by atoms with E-state index in [1.807, 2.05) is 6.07 Å². The van der Waals surface area contributed by atoms with Crippen molar-refractivity contribution in [1.82, 2.24) is 4.90 Å². The first kappa shape index (κ1) is 11.6. The molecule has 0 spiro atoms. The second kappa shape index (κ2) is 4.55. The van der Waals surface area contributed by atoms with Crippen molar-refractivity contribution >= 4 is 12.0 Å². The molecule has 1 heterocycles. The van der Waals surface area contributed by atoms with E-state index in [4.69, 9.17) is 4.74 Å². The molecule has 0 unspecified atom stereocenters. The normalized spacial score (nSPS) is 23.2. The van der Waals surface area contributed by atoms with Crippen LogP contribution in [0.25, 0.3) is 0 Å². The number of hydrogen-bond acceptors (Lipinski definition) is 4. The van der Waals surface area contributed by atoms with E-state index < -0.39 is 24.1 Å². The molecule has 17 heavy (non-hydrogen) atoms. The Bertz CT molecular complexity index is 431. The van der Waals surface area contributed by atoms with E-state index in [1.165, 1.54) is 0 Å². The topological polar surface area (TPSA) is 66.8 Å². The van der Waals surface area contributed by atoms with Crippen LogP contribution in [0.15, 0.2) is 30.3 Å². The van der Waals surface area contributed by atoms with Crippen molar-refractivity contribution in [2.45, 2.75) is 19.1 Å². The number of hydrogen-bond donors (Lipinski definition) is 1. The Kier molecular flexibility index (Phi) is 3.10. The van der Waals surface area contributed by atoms with Gasteiger partial charge in [0.15, 0.2) is 6.10 Å². The first-order valence-electron chi connectivity index (χ1n) is 5.39. The molecule has 1 aromatic rings. The molecule has 2 atom stereocenters. The highest BCUT2D eigenvalue weighted by Crippen LogP contribution is 2.35. The molecule has 0 aliphatic carbocycles. The van der Waals surface area contributed by atoms with E-state index in [9.17, 15) is 14.7 Å². The minimum absolute atomic E-state index is 0.195. The molecule has 0 saturated carbocycles. The number of likely N-dealkylation sites (tertiary alicyclic amines) is 1. The van der Waals surface area contributed by atoms with Crippen molar-refractivity contribution < 1.29 is 19.4 Å². The summed E-state index contributed by atoms with van der Waals surface area (Å²) in [6, 6.07) is 8.27. The summed E-state index contributed by atoms with van der Waals surface area (Å²) in [4.78, 5) is 23.9. The van der Waals surface area contributed by atoms with Gasteiger partial charge < -0.3 is 9.84 Å². The molecule has 1 aliphatic heterocycles. The SMILES string of the molecule is CCOC(=O)N1C(=O)[C@H](O)[C@@H]1c1ccccc1. The molecule has 90 valence electrons. The minimum atomic E-state index is -1.16. The van der Waals surface area contributed by atoms with Gasteiger partial charge in [-0.3, -0.25) is 4.79 Å². The van der Waals surface area contributed by atoms with E-state index >= 15 is 0 Å². The Balaban J connectivity index is 2.21. The van der Waals surface area contributed by atoms with Gasteiger partial charge in [-0.1, -0.05) is 30.3 Å². The highest BCUT2D eigenvalue weighted by Gasteiger charge is 2.51. The number of imide groups is 1. The van der Waals surface area contributed by atoms with Crippen molar-refractivity contribution in [3.05, 3.63) is 35.9 Å². The van der Waals surface area contributed by atoms with Crippen LogP contribution in [0, 0.1) is 0 Å². The van der Waals surface area contributed by atoms with Crippen LogP contribution in [-0.4, -0.2) is 34.7 Å². The maximum atomic E-state index is 11.5. The second-order valence-electron chi connectivity index (χ2n) is 3.71. The maximum absolute atomic E-state index is 11.5. The van der Waals surface area contributed by atoms with Gasteiger partial charge >= 0.3 is 6.09 Å². The molecule has 1 N–H and O–H groups in total. The van der Waals surface area contributed by atoms with Crippen molar-refractivity contribution in [3.8, 4) is 0 Å². The Hall–Kier alpha value is -1.88. The lowest BCUT2D eigenvalue weighted by atomic mass is 9.91. The monoisotopic (exact) mass is 235 g/mol. The van der Waals surface area contributed by atoms with Crippen LogP contribution in [0.5, 0.6) is 0 Å². The number of ether oxygens (including phenoxy) is 1. The third-order valence-electron chi connectivity index (χ3n) is 2.67. The molecular weight excluding hydrogens is 222 g/mol. The highest BCUT2D eigenvalue weighted by molar-refractivity contribution is 6.01. The lowest BCUT2D eigenvalue weighted by Crippen LogP contribution is -2.61. The summed E-state index contributed by atoms with van der Waals surface area (Å²) < 4.78 is 4.77. The van der Waals surface area contributed by atoms with E-state index in [0.717, 1.165) is 4.90 Å². The van der Waals surface area contributed by atoms with Crippen LogP contribution in [0.4, 0.5) is 4.79 Å². The summed E-state index contributed by atoms with van der Waals surface area (Å²) in [5, 5.41) is 9.62. The predicted molar refractivity (Wildman–Crippen MR) is 59.1 cm³/mol. The quantitative estimate of drug-likeness (QED) is 0.779. The van der Waals surface area contributed by atoms with Crippen molar-refractivity contribution in [1.29, 1.82) is 0 Å². The van der Waals surface area contributed by atoms with Crippen LogP contribution in [-0.2, 0) is 9.53 Å². The average Bonchev–Trinajstić information content (AvgIpc) is 2.35. The third-order valence-corrected chi connectivity index (χ3v) is 2.67. The lowest BCUT2D eigenvalue weighted by Gasteiger charge is -2.41. The Labute approximate surface area is 98.6 Å². The highest BCUT2D eigenvalue weighted by atomic mass is 16.6. The number of amides is 2. The number of nitrogens with zero attached hydrogens (tertiary/aromatic N) is 1. The van der Waals surface area contributed by atoms with E-state index in [2.05, 4.69) is 0 Å². The lowest BCUT2D eigenvalue weighted by molar-refractivity contribution is -0.162. The number of aliphatic hydroxyl groups excluding tert-OH is 1. The van der Waals surface area contributed by atoms with E-state index in [0.29, 0.717) is 5.56 Å². The molecule has 0 radical (unpaired) electrons. The van der Waals surface area contributed by atoms with Gasteiger partial charge in [-0.15, -0.1) is 0 Å². The van der Waals surface area contributed by atoms with Gasteiger partial charge in [0.2, 0.25) is 0 Å². The zero-order valence-electron chi connectivity index (χ0n) is 9.37. The first-order valence-corrected chi connectivity index (χ1v) is 5.39. The smallest absolute Gasteiger partial charge is 0.417 e. The van der Waals surface area contributed by atoms with E-state index in [-0.39, 0.29) is 6.61 Å². The van der Waals surface area contributed by atoms with Gasteiger partial charge in [-0.2, -0.15) is 0 Å². The average molecular weight is 235 g/mol. The predicted octanol–water partition coefficient (Wildman–Crippen LogP) is 1.09. The summed E-state index contributed by atoms with van der Waals surface area (Å²) in [6.45, 7) is 1.86. The molecule has 5 nitrogen and oxygen atoms in total. The Morgan fingerprint density at radius 2 is 2.06 bits per heavy atom. The van der Waals surface area contributed by atoms with Crippen LogP contribution < -0.4 is 0 Å². The van der Waals surface area contributed by atoms with Crippen LogP contribution in [0.1, 0.15) is 18.5 Å². The summed E-state index contributed by atoms with van der Waals surface area (Å²) in [7, 11) is 0. The molecule has 1 aliphatic rings. The fourth-order valence-corrected chi connectivity index (χ4v) is 1.85. The molecule has 2 amide bonds. The number of benzene rings is 1. The van der Waals surface area contributed by atoms with Gasteiger partial charge in [-0.05, 0) is 12.5 Å². The van der Waals surface area contributed by atoms with Crippen LogP contribution >= 0.6 is 0 Å². The van der Waals surface area contributed by atoms with E-state index in [1.54, 1.807) is 31.2 Å². The van der Waals surface area contributed by atoms with Gasteiger partial charge in [0.25, 0.3) is 5.91 Å². The number of carbonyl (C=O) groups excluding carboxylic acids is 2. The third kappa shape index (κ3) is 1.89. The summed E-state index contributed by atoms with van der Waals surface area (Å²) in [5.41, 5.74) is 0.715. The number of aliphatic hydroxyl groups is 1. The van der Waals surface area contributed by atoms with Gasteiger partial charge in [-0.25, -0.2) is 9.69 Å². The van der Waals surface area contributed by atoms with Gasteiger partial charge in [0.05, 0.1) is 6.61 Å². The molecule has 2 rings (SSSR count). The standard InChI is InChI=1S/C12H13NO4/c1-2-17-12(16)13-9(10(14)11(13)15)8-6-4-3-5-7-8/h3-7,9-10,14H,2H2,1H3/t9-,10+/m0/s1. The summed E-state index contributed by atoms with van der Waals surface area (Å²) >= 11 is 0. The Morgan fingerprint density at radius 1 is 1.41 bits per heavy atom. The van der Waals surface area contributed by atoms with Crippen LogP contribution in [0.3, 0.4) is 0 Å². The van der Waals surface area contributed by atoms with Crippen molar-refractivity contribution in [2.24, 2.45) is 0 Å². The van der Waals surface area contributed by atoms with Gasteiger partial charge in [0, 0.05) is 0 Å². The fourth-order valence-electron chi connectivity index (χ4n) is 1.85. The molecule has 1 saturated heterocycles. The largest absolute Gasteiger partial charge is 0.449 e. The first-order chi connectivity index (χ1) is 8.16. The zero-order chi connectivity index (χ0) is 12.4. The zero-order valence-corrected chi connectivity index (χ0v) is 9.37. The minimum Gasteiger partial charge on any atom is -0.449 e. The van der Waals surface area contributed by atoms with Crippen molar-refractivity contribution in [3.63, 3.8) is 0 Å². The van der Waals surface area contributed by atoms with Crippen LogP contribution in [0.2, 0.25) is 0 Å². The molecular formula is C12H13NO4. The molecule has 5 heteroatoms. The molecule has 0 aromatic heterocycles.